The SMILES string of the molecule is CCOc1ccc2nc(NCC(=O)c3cccc(S(=O)(=O)N4CCCC(C)C4)c3)sc2c1. The van der Waals surface area contributed by atoms with Gasteiger partial charge in [0.15, 0.2) is 10.9 Å². The zero-order chi connectivity index (χ0) is 22.7. The molecule has 0 bridgehead atoms. The van der Waals surface area contributed by atoms with Crippen molar-refractivity contribution < 1.29 is 17.9 Å². The third-order valence-corrected chi connectivity index (χ3v) is 8.32. The number of benzene rings is 2. The van der Waals surface area contributed by atoms with E-state index in [1.807, 2.05) is 25.1 Å². The van der Waals surface area contributed by atoms with Gasteiger partial charge in [0.25, 0.3) is 0 Å². The molecule has 0 amide bonds. The van der Waals surface area contributed by atoms with E-state index in [0.717, 1.165) is 28.8 Å². The summed E-state index contributed by atoms with van der Waals surface area (Å²) in [5.74, 6) is 0.932. The van der Waals surface area contributed by atoms with Crippen LogP contribution in [0.1, 0.15) is 37.0 Å². The molecule has 1 fully saturated rings. The van der Waals surface area contributed by atoms with Crippen LogP contribution in [0, 0.1) is 5.92 Å². The molecular formula is C23H27N3O4S2. The molecule has 4 rings (SSSR count). The molecule has 170 valence electrons. The summed E-state index contributed by atoms with van der Waals surface area (Å²) in [6.45, 7) is 5.66. The van der Waals surface area contributed by atoms with Crippen LogP contribution in [-0.4, -0.2) is 49.7 Å². The topological polar surface area (TPSA) is 88.6 Å². The van der Waals surface area contributed by atoms with Crippen molar-refractivity contribution in [3.63, 3.8) is 0 Å². The van der Waals surface area contributed by atoms with Crippen molar-refractivity contribution >= 4 is 42.5 Å². The number of ketones is 1. The third-order valence-electron chi connectivity index (χ3n) is 5.48. The van der Waals surface area contributed by atoms with E-state index in [0.29, 0.717) is 36.3 Å². The summed E-state index contributed by atoms with van der Waals surface area (Å²) < 4.78 is 34.1. The van der Waals surface area contributed by atoms with Crippen LogP contribution in [0.3, 0.4) is 0 Å². The Kier molecular flexibility index (Phi) is 6.78. The van der Waals surface area contributed by atoms with Gasteiger partial charge < -0.3 is 10.1 Å². The Morgan fingerprint density at radius 1 is 1.28 bits per heavy atom. The highest BCUT2D eigenvalue weighted by Gasteiger charge is 2.29. The summed E-state index contributed by atoms with van der Waals surface area (Å²) in [6.07, 6.45) is 1.89. The number of Topliss-reactive ketones (excluding diaryl/α,β-unsaturated/α-hetero) is 1. The zero-order valence-electron chi connectivity index (χ0n) is 18.2. The number of thiazole rings is 1. The summed E-state index contributed by atoms with van der Waals surface area (Å²) in [5, 5.41) is 3.70. The van der Waals surface area contributed by atoms with Crippen molar-refractivity contribution in [1.29, 1.82) is 0 Å². The summed E-state index contributed by atoms with van der Waals surface area (Å²) in [6, 6.07) is 12.0. The van der Waals surface area contributed by atoms with Gasteiger partial charge in [0, 0.05) is 18.7 Å². The third kappa shape index (κ3) is 4.95. The van der Waals surface area contributed by atoms with Gasteiger partial charge in [0.2, 0.25) is 10.0 Å². The van der Waals surface area contributed by atoms with Crippen LogP contribution >= 0.6 is 11.3 Å². The van der Waals surface area contributed by atoms with Gasteiger partial charge in [-0.15, -0.1) is 0 Å². The summed E-state index contributed by atoms with van der Waals surface area (Å²) in [7, 11) is -3.61. The Bertz CT molecular complexity index is 1220. The van der Waals surface area contributed by atoms with Gasteiger partial charge in [0.1, 0.15) is 5.75 Å². The Balaban J connectivity index is 1.45. The molecule has 7 nitrogen and oxygen atoms in total. The number of fused-ring (bicyclic) bond motifs is 1. The minimum Gasteiger partial charge on any atom is -0.494 e. The number of hydrogen-bond acceptors (Lipinski definition) is 7. The molecule has 0 aliphatic carbocycles. The van der Waals surface area contributed by atoms with Crippen LogP contribution < -0.4 is 10.1 Å². The molecule has 0 radical (unpaired) electrons. The molecule has 1 unspecified atom stereocenters. The smallest absolute Gasteiger partial charge is 0.243 e. The average molecular weight is 474 g/mol. The van der Waals surface area contributed by atoms with E-state index < -0.39 is 10.0 Å². The number of rotatable bonds is 8. The van der Waals surface area contributed by atoms with Gasteiger partial charge in [-0.05, 0) is 56.0 Å². The van der Waals surface area contributed by atoms with Gasteiger partial charge in [-0.25, -0.2) is 13.4 Å². The molecule has 2 aromatic carbocycles. The highest BCUT2D eigenvalue weighted by Crippen LogP contribution is 2.29. The Labute approximate surface area is 192 Å². The highest BCUT2D eigenvalue weighted by molar-refractivity contribution is 7.89. The highest BCUT2D eigenvalue weighted by atomic mass is 32.2. The first-order valence-electron chi connectivity index (χ1n) is 10.8. The fourth-order valence-electron chi connectivity index (χ4n) is 3.84. The first-order valence-corrected chi connectivity index (χ1v) is 13.0. The maximum absolute atomic E-state index is 13.0. The minimum atomic E-state index is -3.61. The fourth-order valence-corrected chi connectivity index (χ4v) is 6.37. The van der Waals surface area contributed by atoms with Crippen molar-refractivity contribution in [2.75, 3.05) is 31.6 Å². The molecule has 0 saturated carbocycles. The Morgan fingerprint density at radius 3 is 2.91 bits per heavy atom. The van der Waals surface area contributed by atoms with Crippen LogP contribution in [0.2, 0.25) is 0 Å². The Hall–Kier alpha value is -2.49. The lowest BCUT2D eigenvalue weighted by atomic mass is 10.0. The van der Waals surface area contributed by atoms with Crippen molar-refractivity contribution in [1.82, 2.24) is 9.29 Å². The molecular weight excluding hydrogens is 446 g/mol. The van der Waals surface area contributed by atoms with E-state index in [4.69, 9.17) is 4.74 Å². The van der Waals surface area contributed by atoms with Crippen molar-refractivity contribution in [2.24, 2.45) is 5.92 Å². The number of carbonyl (C=O) groups excluding carboxylic acids is 1. The second kappa shape index (κ2) is 9.56. The van der Waals surface area contributed by atoms with Gasteiger partial charge in [-0.1, -0.05) is 30.4 Å². The normalized spacial score (nSPS) is 17.4. The van der Waals surface area contributed by atoms with Crippen molar-refractivity contribution in [3.05, 3.63) is 48.0 Å². The molecule has 2 heterocycles. The van der Waals surface area contributed by atoms with Gasteiger partial charge in [-0.3, -0.25) is 4.79 Å². The van der Waals surface area contributed by atoms with Crippen LogP contribution in [-0.2, 0) is 10.0 Å². The standard InChI is InChI=1S/C23H27N3O4S2/c1-3-30-18-9-10-20-22(13-18)31-23(25-20)24-14-21(27)17-7-4-8-19(12-17)32(28,29)26-11-5-6-16(2)15-26/h4,7-10,12-13,16H,3,5-6,11,14-15H2,1-2H3,(H,24,25). The van der Waals surface area contributed by atoms with Crippen molar-refractivity contribution in [2.45, 2.75) is 31.6 Å². The van der Waals surface area contributed by atoms with E-state index in [-0.39, 0.29) is 17.2 Å². The molecule has 32 heavy (non-hydrogen) atoms. The molecule has 9 heteroatoms. The van der Waals surface area contributed by atoms with Crippen LogP contribution in [0.5, 0.6) is 5.75 Å². The largest absolute Gasteiger partial charge is 0.494 e. The van der Waals surface area contributed by atoms with Crippen LogP contribution in [0.4, 0.5) is 5.13 Å². The molecule has 0 spiro atoms. The number of sulfonamides is 1. The quantitative estimate of drug-likeness (QED) is 0.488. The predicted molar refractivity (Wildman–Crippen MR) is 127 cm³/mol. The lowest BCUT2D eigenvalue weighted by molar-refractivity contribution is 0.101. The number of hydrogen-bond donors (Lipinski definition) is 1. The first-order chi connectivity index (χ1) is 15.4. The Morgan fingerprint density at radius 2 is 2.12 bits per heavy atom. The number of ether oxygens (including phenoxy) is 1. The summed E-state index contributed by atoms with van der Waals surface area (Å²) in [5.41, 5.74) is 1.20. The number of aromatic nitrogens is 1. The number of nitrogens with zero attached hydrogens (tertiary/aromatic N) is 2. The minimum absolute atomic E-state index is 0.0301. The second-order valence-electron chi connectivity index (χ2n) is 8.00. The monoisotopic (exact) mass is 473 g/mol. The molecule has 1 N–H and O–H groups in total. The molecule has 1 atom stereocenters. The van der Waals surface area contributed by atoms with Crippen LogP contribution in [0.15, 0.2) is 47.4 Å². The molecule has 1 aliphatic heterocycles. The summed E-state index contributed by atoms with van der Waals surface area (Å²) in [4.78, 5) is 17.4. The van der Waals surface area contributed by atoms with E-state index in [1.54, 1.807) is 18.2 Å². The fraction of sp³-hybridized carbons (Fsp3) is 0.391. The van der Waals surface area contributed by atoms with Gasteiger partial charge in [-0.2, -0.15) is 4.31 Å². The van der Waals surface area contributed by atoms with Crippen LogP contribution in [0.25, 0.3) is 10.2 Å². The number of anilines is 1. The first kappa shape index (κ1) is 22.7. The number of nitrogens with one attached hydrogen (secondary N) is 1. The van der Waals surface area contributed by atoms with Gasteiger partial charge >= 0.3 is 0 Å². The van der Waals surface area contributed by atoms with E-state index in [2.05, 4.69) is 17.2 Å². The lowest BCUT2D eigenvalue weighted by Gasteiger charge is -2.30. The van der Waals surface area contributed by atoms with E-state index >= 15 is 0 Å². The lowest BCUT2D eigenvalue weighted by Crippen LogP contribution is -2.39. The molecule has 1 aromatic heterocycles. The molecule has 3 aromatic rings. The second-order valence-corrected chi connectivity index (χ2v) is 11.0. The summed E-state index contributed by atoms with van der Waals surface area (Å²) >= 11 is 1.44. The average Bonchev–Trinajstić information content (AvgIpc) is 3.20. The zero-order valence-corrected chi connectivity index (χ0v) is 19.8. The molecule has 1 aliphatic rings. The number of carbonyl (C=O) groups is 1. The van der Waals surface area contributed by atoms with E-state index in [9.17, 15) is 13.2 Å². The van der Waals surface area contributed by atoms with Crippen molar-refractivity contribution in [3.8, 4) is 5.75 Å². The maximum Gasteiger partial charge on any atom is 0.243 e. The van der Waals surface area contributed by atoms with Gasteiger partial charge in [0.05, 0.1) is 28.3 Å². The maximum atomic E-state index is 13.0. The van der Waals surface area contributed by atoms with E-state index in [1.165, 1.54) is 21.7 Å². The number of piperidine rings is 1. The molecule has 1 saturated heterocycles. The predicted octanol–water partition coefficient (Wildman–Crippen LogP) is 4.41.